The van der Waals surface area contributed by atoms with Gasteiger partial charge in [-0.1, -0.05) is 0 Å². The molecular weight excluding hydrogens is 349 g/mol. The first-order valence-corrected chi connectivity index (χ1v) is 9.72. The van der Waals surface area contributed by atoms with Crippen molar-refractivity contribution in [3.63, 3.8) is 0 Å². The van der Waals surface area contributed by atoms with Gasteiger partial charge >= 0.3 is 133 Å². The van der Waals surface area contributed by atoms with Crippen molar-refractivity contribution in [3.05, 3.63) is 66.2 Å². The van der Waals surface area contributed by atoms with Crippen LogP contribution in [-0.2, 0) is 22.3 Å². The van der Waals surface area contributed by atoms with E-state index < -0.39 is 11.0 Å². The molecule has 0 saturated carbocycles. The molecule has 0 N–H and O–H groups in total. The molecule has 0 bridgehead atoms. The van der Waals surface area contributed by atoms with Crippen LogP contribution in [0.1, 0.15) is 12.0 Å². The summed E-state index contributed by atoms with van der Waals surface area (Å²) in [5, 5.41) is 0. The molecule has 0 radical (unpaired) electrons. The Hall–Kier alpha value is -1.42. The molecule has 1 aliphatic heterocycles. The Morgan fingerprint density at radius 1 is 1.05 bits per heavy atom. The fourth-order valence-electron chi connectivity index (χ4n) is 2.19. The van der Waals surface area contributed by atoms with Crippen LogP contribution >= 0.6 is 0 Å². The topological polar surface area (TPSA) is 37.4 Å². The van der Waals surface area contributed by atoms with Crippen molar-refractivity contribution in [1.29, 1.82) is 0 Å². The minimum absolute atomic E-state index is 0.00000693. The van der Waals surface area contributed by atoms with E-state index in [4.69, 9.17) is 0 Å². The van der Waals surface area contributed by atoms with Gasteiger partial charge in [-0.25, -0.2) is 0 Å². The molecule has 3 nitrogen and oxygen atoms in total. The van der Waals surface area contributed by atoms with Crippen LogP contribution in [0.2, 0.25) is 0 Å². The molecule has 1 heterocycles. The van der Waals surface area contributed by atoms with E-state index in [1.807, 2.05) is 60.7 Å². The quantitative estimate of drug-likeness (QED) is 0.770. The summed E-state index contributed by atoms with van der Waals surface area (Å²) < 4.78 is 15.2. The molecular formula is C16H15NO2SSe. The van der Waals surface area contributed by atoms with Crippen molar-refractivity contribution in [3.8, 4) is 0 Å². The maximum atomic E-state index is 12.6. The number of nitrogens with zero attached hydrogens (tertiary/aromatic N) is 1. The molecule has 0 aromatic heterocycles. The van der Waals surface area contributed by atoms with E-state index in [0.29, 0.717) is 13.0 Å². The Labute approximate surface area is 133 Å². The standard InChI is InChI=1S/C16H15NO2SSe/c18-15-11-16(21-14-9-5-2-6-10-14)20(19)17(15)12-13-7-3-1-4-8-13/h1-10,16H,11-12H2/t16-,20?/m1/s1. The number of benzene rings is 2. The Balaban J connectivity index is 1.70. The summed E-state index contributed by atoms with van der Waals surface area (Å²) in [7, 11) is -1.22. The molecule has 3 rings (SSSR count). The summed E-state index contributed by atoms with van der Waals surface area (Å²) in [6.07, 6.45) is 0.397. The third-order valence-electron chi connectivity index (χ3n) is 3.24. The molecule has 21 heavy (non-hydrogen) atoms. The van der Waals surface area contributed by atoms with Gasteiger partial charge in [-0.05, 0) is 0 Å². The zero-order chi connectivity index (χ0) is 14.7. The van der Waals surface area contributed by atoms with E-state index in [1.165, 1.54) is 8.77 Å². The molecule has 1 aliphatic rings. The number of hydrogen-bond donors (Lipinski definition) is 0. The Morgan fingerprint density at radius 3 is 2.33 bits per heavy atom. The van der Waals surface area contributed by atoms with Crippen molar-refractivity contribution in [2.45, 2.75) is 17.1 Å². The molecule has 0 aliphatic carbocycles. The van der Waals surface area contributed by atoms with Crippen molar-refractivity contribution in [1.82, 2.24) is 4.31 Å². The molecule has 0 spiro atoms. The molecule has 5 heteroatoms. The molecule has 2 aromatic rings. The second-order valence-electron chi connectivity index (χ2n) is 4.76. The van der Waals surface area contributed by atoms with Crippen LogP contribution in [0.25, 0.3) is 0 Å². The molecule has 108 valence electrons. The van der Waals surface area contributed by atoms with Crippen LogP contribution in [0.15, 0.2) is 60.7 Å². The first-order valence-electron chi connectivity index (χ1n) is 6.71. The van der Waals surface area contributed by atoms with Gasteiger partial charge in [0.05, 0.1) is 0 Å². The van der Waals surface area contributed by atoms with Gasteiger partial charge in [0.2, 0.25) is 0 Å². The predicted molar refractivity (Wildman–Crippen MR) is 85.4 cm³/mol. The molecule has 2 aromatic carbocycles. The predicted octanol–water partition coefficient (Wildman–Crippen LogP) is 1.44. The van der Waals surface area contributed by atoms with Crippen molar-refractivity contribution in [2.75, 3.05) is 0 Å². The molecule has 1 unspecified atom stereocenters. The SMILES string of the molecule is O=C1C[C@@H]([Se]c2ccccc2)S(=O)N1Cc1ccccc1. The Bertz CT molecular complexity index is 648. The molecule has 1 fully saturated rings. The third kappa shape index (κ3) is 3.43. The van der Waals surface area contributed by atoms with Crippen molar-refractivity contribution >= 4 is 36.3 Å². The number of hydrogen-bond acceptors (Lipinski definition) is 2. The zero-order valence-corrected chi connectivity index (χ0v) is 13.9. The zero-order valence-electron chi connectivity index (χ0n) is 11.3. The first kappa shape index (κ1) is 14.5. The number of carbonyl (C=O) groups is 1. The summed E-state index contributed by atoms with van der Waals surface area (Å²) in [5.74, 6) is -0.00000693. The van der Waals surface area contributed by atoms with E-state index in [-0.39, 0.29) is 25.0 Å². The van der Waals surface area contributed by atoms with Crippen LogP contribution in [0.5, 0.6) is 0 Å². The second kappa shape index (κ2) is 6.56. The van der Waals surface area contributed by atoms with Gasteiger partial charge in [0, 0.05) is 0 Å². The average molecular weight is 364 g/mol. The van der Waals surface area contributed by atoms with Crippen LogP contribution in [-0.4, -0.2) is 33.5 Å². The Morgan fingerprint density at radius 2 is 1.67 bits per heavy atom. The summed E-state index contributed by atoms with van der Waals surface area (Å²) in [6.45, 7) is 0.438. The van der Waals surface area contributed by atoms with Crippen LogP contribution in [0.4, 0.5) is 0 Å². The second-order valence-corrected chi connectivity index (χ2v) is 9.67. The average Bonchev–Trinajstić information content (AvgIpc) is 2.77. The van der Waals surface area contributed by atoms with Gasteiger partial charge < -0.3 is 0 Å². The minimum atomic E-state index is -1.22. The summed E-state index contributed by atoms with van der Waals surface area (Å²) in [6, 6.07) is 19.8. The monoisotopic (exact) mass is 365 g/mol. The van der Waals surface area contributed by atoms with E-state index in [1.54, 1.807) is 0 Å². The van der Waals surface area contributed by atoms with Crippen molar-refractivity contribution < 1.29 is 9.00 Å². The van der Waals surface area contributed by atoms with Gasteiger partial charge in [-0.2, -0.15) is 0 Å². The molecule has 1 amide bonds. The van der Waals surface area contributed by atoms with E-state index >= 15 is 0 Å². The van der Waals surface area contributed by atoms with Crippen molar-refractivity contribution in [2.24, 2.45) is 0 Å². The number of carbonyl (C=O) groups excluding carboxylic acids is 1. The summed E-state index contributed by atoms with van der Waals surface area (Å²) in [4.78, 5) is 12.1. The van der Waals surface area contributed by atoms with Crippen LogP contribution in [0.3, 0.4) is 0 Å². The van der Waals surface area contributed by atoms with E-state index in [2.05, 4.69) is 0 Å². The Kier molecular flexibility index (Phi) is 4.54. The van der Waals surface area contributed by atoms with Crippen LogP contribution in [0, 0.1) is 0 Å². The molecule has 1 saturated heterocycles. The van der Waals surface area contributed by atoms with Gasteiger partial charge in [0.15, 0.2) is 0 Å². The fraction of sp³-hybridized carbons (Fsp3) is 0.188. The maximum absolute atomic E-state index is 12.6. The van der Waals surface area contributed by atoms with E-state index in [9.17, 15) is 9.00 Å². The number of amides is 1. The van der Waals surface area contributed by atoms with Gasteiger partial charge in [0.1, 0.15) is 0 Å². The summed E-state index contributed by atoms with van der Waals surface area (Å²) in [5.41, 5.74) is 1.02. The van der Waals surface area contributed by atoms with Gasteiger partial charge in [0.25, 0.3) is 0 Å². The number of rotatable bonds is 4. The normalized spacial score (nSPS) is 21.7. The fourth-order valence-corrected chi connectivity index (χ4v) is 6.92. The first-order chi connectivity index (χ1) is 10.2. The van der Waals surface area contributed by atoms with E-state index in [0.717, 1.165) is 5.56 Å². The third-order valence-corrected chi connectivity index (χ3v) is 8.20. The molecule has 2 atom stereocenters. The van der Waals surface area contributed by atoms with Crippen LogP contribution < -0.4 is 4.46 Å². The van der Waals surface area contributed by atoms with Gasteiger partial charge in [-0.3, -0.25) is 0 Å². The van der Waals surface area contributed by atoms with Gasteiger partial charge in [-0.15, -0.1) is 0 Å². The summed E-state index contributed by atoms with van der Waals surface area (Å²) >= 11 is 0.0627.